The lowest BCUT2D eigenvalue weighted by atomic mass is 9.77. The van der Waals surface area contributed by atoms with Gasteiger partial charge in [-0.3, -0.25) is 4.79 Å². The number of hydrogen-bond donors (Lipinski definition) is 1. The summed E-state index contributed by atoms with van der Waals surface area (Å²) in [7, 11) is 0. The maximum atomic E-state index is 12.1. The van der Waals surface area contributed by atoms with Gasteiger partial charge >= 0.3 is 5.97 Å². The van der Waals surface area contributed by atoms with Crippen LogP contribution in [0.25, 0.3) is 0 Å². The van der Waals surface area contributed by atoms with Crippen LogP contribution in [0.1, 0.15) is 33.6 Å². The Morgan fingerprint density at radius 3 is 2.53 bits per heavy atom. The average Bonchev–Trinajstić information content (AvgIpc) is 2.74. The number of carbonyl (C=O) groups excluding carboxylic acids is 1. The van der Waals surface area contributed by atoms with Crippen LogP contribution in [0.15, 0.2) is 0 Å². The quantitative estimate of drug-likeness (QED) is 0.711. The Bertz CT molecular complexity index is 260. The van der Waals surface area contributed by atoms with E-state index in [-0.39, 0.29) is 12.6 Å². The Labute approximate surface area is 102 Å². The van der Waals surface area contributed by atoms with Gasteiger partial charge in [-0.2, -0.15) is 0 Å². The minimum atomic E-state index is -0.964. The van der Waals surface area contributed by atoms with Gasteiger partial charge in [-0.25, -0.2) is 0 Å². The maximum absolute atomic E-state index is 12.1. The lowest BCUT2D eigenvalue weighted by Crippen LogP contribution is -2.51. The summed E-state index contributed by atoms with van der Waals surface area (Å²) in [5, 5.41) is 8.93. The molecule has 0 aliphatic carbocycles. The Balaban J connectivity index is 2.87. The summed E-state index contributed by atoms with van der Waals surface area (Å²) in [6.07, 6.45) is 0.983. The second-order valence-electron chi connectivity index (χ2n) is 4.52. The third-order valence-corrected chi connectivity index (χ3v) is 3.40. The standard InChI is InChI=1S/C12H22O5/c1-4-15-10(14)11(2,6-5-7-13)12(3)16-8-9-17-12/h13H,4-9H2,1-3H3/t11-/m1/s1. The van der Waals surface area contributed by atoms with E-state index in [9.17, 15) is 4.79 Å². The van der Waals surface area contributed by atoms with Crippen molar-refractivity contribution in [2.75, 3.05) is 26.4 Å². The van der Waals surface area contributed by atoms with E-state index in [0.29, 0.717) is 32.7 Å². The SMILES string of the molecule is CCOC(=O)[C@@](C)(CCCO)C1(C)OCCO1. The van der Waals surface area contributed by atoms with Gasteiger partial charge in [0.1, 0.15) is 5.41 Å². The van der Waals surface area contributed by atoms with Crippen molar-refractivity contribution in [2.24, 2.45) is 5.41 Å². The predicted octanol–water partition coefficient (Wildman–Crippen LogP) is 1.09. The minimum absolute atomic E-state index is 0.0328. The molecular formula is C12H22O5. The fourth-order valence-electron chi connectivity index (χ4n) is 2.07. The van der Waals surface area contributed by atoms with Gasteiger partial charge in [0.05, 0.1) is 19.8 Å². The molecule has 0 aromatic carbocycles. The third-order valence-electron chi connectivity index (χ3n) is 3.40. The van der Waals surface area contributed by atoms with Gasteiger partial charge in [0.15, 0.2) is 5.79 Å². The Morgan fingerprint density at radius 2 is 2.06 bits per heavy atom. The zero-order valence-electron chi connectivity index (χ0n) is 10.8. The maximum Gasteiger partial charge on any atom is 0.317 e. The van der Waals surface area contributed by atoms with Crippen LogP contribution in [-0.4, -0.2) is 43.3 Å². The molecule has 1 fully saturated rings. The summed E-state index contributed by atoms with van der Waals surface area (Å²) in [5.74, 6) is -1.30. The van der Waals surface area contributed by atoms with Crippen molar-refractivity contribution in [3.63, 3.8) is 0 Å². The first-order valence-corrected chi connectivity index (χ1v) is 6.06. The Hall–Kier alpha value is -0.650. The van der Waals surface area contributed by atoms with Gasteiger partial charge in [0, 0.05) is 6.61 Å². The molecule has 100 valence electrons. The summed E-state index contributed by atoms with van der Waals surface area (Å²) >= 11 is 0. The van der Waals surface area contributed by atoms with E-state index in [4.69, 9.17) is 19.3 Å². The molecule has 0 aromatic heterocycles. The first-order chi connectivity index (χ1) is 8.00. The smallest absolute Gasteiger partial charge is 0.317 e. The number of aliphatic hydroxyl groups is 1. The van der Waals surface area contributed by atoms with E-state index in [0.717, 1.165) is 0 Å². The highest BCUT2D eigenvalue weighted by Crippen LogP contribution is 2.43. The number of rotatable bonds is 6. The largest absolute Gasteiger partial charge is 0.465 e. The van der Waals surface area contributed by atoms with Crippen molar-refractivity contribution >= 4 is 5.97 Å². The lowest BCUT2D eigenvalue weighted by Gasteiger charge is -2.39. The number of carbonyl (C=O) groups is 1. The second kappa shape index (κ2) is 5.80. The van der Waals surface area contributed by atoms with E-state index >= 15 is 0 Å². The molecule has 0 aromatic rings. The van der Waals surface area contributed by atoms with Crippen LogP contribution >= 0.6 is 0 Å². The fourth-order valence-corrected chi connectivity index (χ4v) is 2.07. The molecule has 17 heavy (non-hydrogen) atoms. The van der Waals surface area contributed by atoms with E-state index in [2.05, 4.69) is 0 Å². The molecule has 1 saturated heterocycles. The molecule has 1 heterocycles. The van der Waals surface area contributed by atoms with Crippen molar-refractivity contribution in [1.82, 2.24) is 0 Å². The predicted molar refractivity (Wildman–Crippen MR) is 61.4 cm³/mol. The van der Waals surface area contributed by atoms with Gasteiger partial charge < -0.3 is 19.3 Å². The summed E-state index contributed by atoms with van der Waals surface area (Å²) in [4.78, 5) is 12.1. The molecule has 0 amide bonds. The first-order valence-electron chi connectivity index (χ1n) is 6.06. The topological polar surface area (TPSA) is 65.0 Å². The summed E-state index contributed by atoms with van der Waals surface area (Å²) < 4.78 is 16.2. The van der Waals surface area contributed by atoms with Gasteiger partial charge in [0.2, 0.25) is 0 Å². The van der Waals surface area contributed by atoms with Gasteiger partial charge in [-0.05, 0) is 33.6 Å². The molecule has 1 aliphatic heterocycles. The van der Waals surface area contributed by atoms with E-state index < -0.39 is 11.2 Å². The van der Waals surface area contributed by atoms with Gasteiger partial charge in [-0.1, -0.05) is 0 Å². The normalized spacial score (nSPS) is 22.1. The van der Waals surface area contributed by atoms with Crippen molar-refractivity contribution in [3.05, 3.63) is 0 Å². The summed E-state index contributed by atoms with van der Waals surface area (Å²) in [6, 6.07) is 0. The van der Waals surface area contributed by atoms with Crippen molar-refractivity contribution in [3.8, 4) is 0 Å². The molecule has 1 N–H and O–H groups in total. The van der Waals surface area contributed by atoms with Crippen molar-refractivity contribution < 1.29 is 24.1 Å². The zero-order valence-corrected chi connectivity index (χ0v) is 10.8. The van der Waals surface area contributed by atoms with Crippen molar-refractivity contribution in [2.45, 2.75) is 39.4 Å². The first kappa shape index (κ1) is 14.4. The molecule has 5 heteroatoms. The highest BCUT2D eigenvalue weighted by Gasteiger charge is 2.55. The van der Waals surface area contributed by atoms with Crippen LogP contribution < -0.4 is 0 Å². The van der Waals surface area contributed by atoms with Gasteiger partial charge in [-0.15, -0.1) is 0 Å². The number of ether oxygens (including phenoxy) is 3. The molecule has 0 bridgehead atoms. The van der Waals surface area contributed by atoms with Crippen LogP contribution in [0.3, 0.4) is 0 Å². The molecule has 5 nitrogen and oxygen atoms in total. The molecule has 0 unspecified atom stereocenters. The highest BCUT2D eigenvalue weighted by atomic mass is 16.7. The third kappa shape index (κ3) is 2.78. The van der Waals surface area contributed by atoms with Crippen LogP contribution in [0.4, 0.5) is 0 Å². The molecule has 0 saturated carbocycles. The van der Waals surface area contributed by atoms with E-state index in [1.165, 1.54) is 0 Å². The molecular weight excluding hydrogens is 224 g/mol. The van der Waals surface area contributed by atoms with Crippen LogP contribution in [0, 0.1) is 5.41 Å². The molecule has 1 atom stereocenters. The summed E-state index contributed by atoms with van der Waals surface area (Å²) in [5.41, 5.74) is -0.887. The zero-order chi connectivity index (χ0) is 12.9. The van der Waals surface area contributed by atoms with Crippen LogP contribution in [0.5, 0.6) is 0 Å². The monoisotopic (exact) mass is 246 g/mol. The Kier molecular flexibility index (Phi) is 4.91. The highest BCUT2D eigenvalue weighted by molar-refractivity contribution is 5.77. The minimum Gasteiger partial charge on any atom is -0.465 e. The molecule has 1 rings (SSSR count). The molecule has 1 aliphatic rings. The second-order valence-corrected chi connectivity index (χ2v) is 4.52. The number of aliphatic hydroxyl groups excluding tert-OH is 1. The van der Waals surface area contributed by atoms with Crippen LogP contribution in [0.2, 0.25) is 0 Å². The average molecular weight is 246 g/mol. The fraction of sp³-hybridized carbons (Fsp3) is 0.917. The Morgan fingerprint density at radius 1 is 1.47 bits per heavy atom. The molecule has 0 spiro atoms. The van der Waals surface area contributed by atoms with Gasteiger partial charge in [0.25, 0.3) is 0 Å². The molecule has 0 radical (unpaired) electrons. The van der Waals surface area contributed by atoms with Crippen molar-refractivity contribution in [1.29, 1.82) is 0 Å². The summed E-state index contributed by atoms with van der Waals surface area (Å²) in [6.45, 7) is 6.60. The number of hydrogen-bond acceptors (Lipinski definition) is 5. The van der Waals surface area contributed by atoms with E-state index in [1.54, 1.807) is 20.8 Å². The van der Waals surface area contributed by atoms with E-state index in [1.807, 2.05) is 0 Å². The lowest BCUT2D eigenvalue weighted by molar-refractivity contribution is -0.232. The number of esters is 1. The van der Waals surface area contributed by atoms with Crippen LogP contribution in [-0.2, 0) is 19.0 Å².